The van der Waals surface area contributed by atoms with Crippen molar-refractivity contribution in [2.75, 3.05) is 0 Å². The molecule has 0 saturated carbocycles. The molecule has 15 heavy (non-hydrogen) atoms. The van der Waals surface area contributed by atoms with Gasteiger partial charge >= 0.3 is 5.97 Å². The van der Waals surface area contributed by atoms with Crippen LogP contribution in [-0.2, 0) is 0 Å². The summed E-state index contributed by atoms with van der Waals surface area (Å²) in [7, 11) is 0. The fraction of sp³-hybridized carbons (Fsp3) is 0.300. The van der Waals surface area contributed by atoms with E-state index in [0.29, 0.717) is 5.56 Å². The summed E-state index contributed by atoms with van der Waals surface area (Å²) < 4.78 is 0. The minimum atomic E-state index is -1.28. The highest BCUT2D eigenvalue weighted by atomic mass is 16.6. The predicted molar refractivity (Wildman–Crippen MR) is 56.1 cm³/mol. The Morgan fingerprint density at radius 1 is 1.40 bits per heavy atom. The molecule has 0 unspecified atom stereocenters. The topological polar surface area (TPSA) is 80.4 Å². The van der Waals surface area contributed by atoms with Crippen LogP contribution < -0.4 is 0 Å². The van der Waals surface area contributed by atoms with Crippen LogP contribution in [0, 0.1) is 17.0 Å². The predicted octanol–water partition coefficient (Wildman–Crippen LogP) is 2.63. The molecule has 0 radical (unpaired) electrons. The van der Waals surface area contributed by atoms with Crippen molar-refractivity contribution in [2.45, 2.75) is 20.8 Å². The molecule has 5 heteroatoms. The Morgan fingerprint density at radius 2 is 1.93 bits per heavy atom. The van der Waals surface area contributed by atoms with Crippen LogP contribution >= 0.6 is 0 Å². The molecule has 0 atom stereocenters. The number of carboxylic acids is 1. The van der Waals surface area contributed by atoms with Crippen molar-refractivity contribution in [2.24, 2.45) is 0 Å². The fourth-order valence-corrected chi connectivity index (χ4v) is 1.07. The first-order valence-corrected chi connectivity index (χ1v) is 4.51. The second-order valence-corrected chi connectivity index (χ2v) is 2.53. The third-order valence-corrected chi connectivity index (χ3v) is 1.65. The number of aryl methyl sites for hydroxylation is 1. The number of rotatable bonds is 2. The van der Waals surface area contributed by atoms with Crippen LogP contribution in [-0.4, -0.2) is 16.0 Å². The first-order chi connectivity index (χ1) is 7.04. The number of hydrogen-bond donors (Lipinski definition) is 1. The lowest BCUT2D eigenvalue weighted by Crippen LogP contribution is -2.03. The second-order valence-electron chi connectivity index (χ2n) is 2.53. The van der Waals surface area contributed by atoms with Crippen LogP contribution in [0.2, 0.25) is 0 Å². The van der Waals surface area contributed by atoms with Crippen LogP contribution in [0.25, 0.3) is 0 Å². The van der Waals surface area contributed by atoms with Crippen molar-refractivity contribution in [1.29, 1.82) is 0 Å². The van der Waals surface area contributed by atoms with Crippen molar-refractivity contribution in [1.82, 2.24) is 0 Å². The molecule has 0 aliphatic heterocycles. The van der Waals surface area contributed by atoms with E-state index in [-0.39, 0.29) is 11.3 Å². The van der Waals surface area contributed by atoms with Crippen LogP contribution in [0.4, 0.5) is 5.69 Å². The Balaban J connectivity index is 0.000000921. The van der Waals surface area contributed by atoms with Crippen molar-refractivity contribution in [3.8, 4) is 0 Å². The minimum absolute atomic E-state index is 0.273. The van der Waals surface area contributed by atoms with E-state index in [1.807, 2.05) is 13.8 Å². The van der Waals surface area contributed by atoms with Gasteiger partial charge < -0.3 is 5.11 Å². The quantitative estimate of drug-likeness (QED) is 0.602. The van der Waals surface area contributed by atoms with Crippen molar-refractivity contribution >= 4 is 11.7 Å². The maximum atomic E-state index is 10.6. The Hall–Kier alpha value is -1.91. The molecular weight excluding hydrogens is 198 g/mol. The first-order valence-electron chi connectivity index (χ1n) is 4.51. The number of nitro benzene ring substituents is 1. The molecule has 0 fully saturated rings. The van der Waals surface area contributed by atoms with Gasteiger partial charge in [0.15, 0.2) is 0 Å². The Bertz CT molecular complexity index is 374. The van der Waals surface area contributed by atoms with Crippen molar-refractivity contribution in [3.63, 3.8) is 0 Å². The monoisotopic (exact) mass is 211 g/mol. The highest BCUT2D eigenvalue weighted by Crippen LogP contribution is 2.22. The number of aromatic carboxylic acids is 1. The third kappa shape index (κ3) is 3.05. The van der Waals surface area contributed by atoms with Gasteiger partial charge in [-0.25, -0.2) is 4.79 Å². The van der Waals surface area contributed by atoms with Gasteiger partial charge in [-0.05, 0) is 13.0 Å². The normalized spacial score (nSPS) is 8.73. The first kappa shape index (κ1) is 13.1. The maximum absolute atomic E-state index is 10.6. The second kappa shape index (κ2) is 5.74. The SMILES string of the molecule is CC.Cc1cccc(C(=O)O)c1[N+](=O)[O-]. The van der Waals surface area contributed by atoms with Crippen molar-refractivity contribution < 1.29 is 14.8 Å². The smallest absolute Gasteiger partial charge is 0.342 e. The molecule has 82 valence electrons. The summed E-state index contributed by atoms with van der Waals surface area (Å²) in [5.74, 6) is -1.28. The average molecular weight is 211 g/mol. The van der Waals surface area contributed by atoms with E-state index in [4.69, 9.17) is 5.11 Å². The summed E-state index contributed by atoms with van der Waals surface area (Å²) in [6, 6.07) is 4.20. The molecule has 0 amide bonds. The lowest BCUT2D eigenvalue weighted by Gasteiger charge is -1.99. The highest BCUT2D eigenvalue weighted by Gasteiger charge is 2.21. The average Bonchev–Trinajstić information content (AvgIpc) is 2.19. The molecule has 0 spiro atoms. The van der Waals surface area contributed by atoms with Gasteiger partial charge in [0.2, 0.25) is 0 Å². The third-order valence-electron chi connectivity index (χ3n) is 1.65. The molecule has 5 nitrogen and oxygen atoms in total. The number of carboxylic acid groups (broad SMARTS) is 1. The molecule has 1 aromatic rings. The highest BCUT2D eigenvalue weighted by molar-refractivity contribution is 5.92. The Kier molecular flexibility index (Phi) is 5.01. The van der Waals surface area contributed by atoms with Gasteiger partial charge in [-0.1, -0.05) is 26.0 Å². The summed E-state index contributed by atoms with van der Waals surface area (Å²) >= 11 is 0. The van der Waals surface area contributed by atoms with Gasteiger partial charge in [0.25, 0.3) is 5.69 Å². The van der Waals surface area contributed by atoms with Crippen LogP contribution in [0.3, 0.4) is 0 Å². The number of hydrogen-bond acceptors (Lipinski definition) is 3. The Morgan fingerprint density at radius 3 is 2.27 bits per heavy atom. The minimum Gasteiger partial charge on any atom is -0.477 e. The van der Waals surface area contributed by atoms with E-state index >= 15 is 0 Å². The molecule has 0 aromatic heterocycles. The van der Waals surface area contributed by atoms with Crippen molar-refractivity contribution in [3.05, 3.63) is 39.4 Å². The fourth-order valence-electron chi connectivity index (χ4n) is 1.07. The molecular formula is C10H13NO4. The Labute approximate surface area is 87.5 Å². The van der Waals surface area contributed by atoms with Gasteiger partial charge in [0.1, 0.15) is 5.56 Å². The summed E-state index contributed by atoms with van der Waals surface area (Å²) in [5, 5.41) is 19.1. The zero-order valence-electron chi connectivity index (χ0n) is 8.85. The number of carbonyl (C=O) groups is 1. The summed E-state index contributed by atoms with van der Waals surface area (Å²) in [5.41, 5.74) is -0.259. The molecule has 1 N–H and O–H groups in total. The van der Waals surface area contributed by atoms with Gasteiger partial charge in [-0.15, -0.1) is 0 Å². The van der Waals surface area contributed by atoms with E-state index in [1.165, 1.54) is 25.1 Å². The summed E-state index contributed by atoms with van der Waals surface area (Å²) in [6.07, 6.45) is 0. The lowest BCUT2D eigenvalue weighted by molar-refractivity contribution is -0.385. The molecule has 0 aliphatic carbocycles. The van der Waals surface area contributed by atoms with Gasteiger partial charge in [0.05, 0.1) is 4.92 Å². The molecule has 1 rings (SSSR count). The van der Waals surface area contributed by atoms with E-state index < -0.39 is 10.9 Å². The molecule has 1 aromatic carbocycles. The van der Waals surface area contributed by atoms with E-state index in [1.54, 1.807) is 0 Å². The van der Waals surface area contributed by atoms with E-state index in [2.05, 4.69) is 0 Å². The van der Waals surface area contributed by atoms with Gasteiger partial charge in [0, 0.05) is 5.56 Å². The molecule has 0 heterocycles. The van der Waals surface area contributed by atoms with Crippen LogP contribution in [0.5, 0.6) is 0 Å². The van der Waals surface area contributed by atoms with E-state index in [0.717, 1.165) is 0 Å². The van der Waals surface area contributed by atoms with E-state index in [9.17, 15) is 14.9 Å². The molecule has 0 saturated heterocycles. The molecule has 0 bridgehead atoms. The lowest BCUT2D eigenvalue weighted by atomic mass is 10.1. The van der Waals surface area contributed by atoms with Gasteiger partial charge in [-0.3, -0.25) is 10.1 Å². The largest absolute Gasteiger partial charge is 0.477 e. The molecule has 0 aliphatic rings. The number of para-hydroxylation sites is 1. The maximum Gasteiger partial charge on any atom is 0.342 e. The zero-order chi connectivity index (χ0) is 12.0. The van der Waals surface area contributed by atoms with Crippen LogP contribution in [0.1, 0.15) is 29.8 Å². The number of nitrogens with zero attached hydrogens (tertiary/aromatic N) is 1. The summed E-state index contributed by atoms with van der Waals surface area (Å²) in [6.45, 7) is 5.50. The van der Waals surface area contributed by atoms with Crippen LogP contribution in [0.15, 0.2) is 18.2 Å². The zero-order valence-corrected chi connectivity index (χ0v) is 8.85. The summed E-state index contributed by atoms with van der Waals surface area (Å²) in [4.78, 5) is 20.4. The standard InChI is InChI=1S/C8H7NO4.C2H6/c1-5-3-2-4-6(8(10)11)7(5)9(12)13;1-2/h2-4H,1H3,(H,10,11);1-2H3. The van der Waals surface area contributed by atoms with Gasteiger partial charge in [-0.2, -0.15) is 0 Å². The number of nitro groups is 1. The number of benzene rings is 1.